The molecule has 4 unspecified atom stereocenters. The Bertz CT molecular complexity index is 309. The van der Waals surface area contributed by atoms with Gasteiger partial charge in [0.05, 0.1) is 12.3 Å². The molecule has 0 radical (unpaired) electrons. The normalized spacial score (nSPS) is 34.9. The Hall–Kier alpha value is -0.160. The maximum Gasteiger partial charge on any atom is 0.0618 e. The van der Waals surface area contributed by atoms with Crippen molar-refractivity contribution in [2.24, 2.45) is 0 Å². The Labute approximate surface area is 139 Å². The minimum absolute atomic E-state index is 0.643. The second-order valence-corrected chi connectivity index (χ2v) is 7.02. The summed E-state index contributed by atoms with van der Waals surface area (Å²) >= 11 is 0. The predicted molar refractivity (Wildman–Crippen MR) is 97.1 cm³/mol. The van der Waals surface area contributed by atoms with Gasteiger partial charge in [0.1, 0.15) is 0 Å². The molecule has 0 aromatic heterocycles. The van der Waals surface area contributed by atoms with Gasteiger partial charge in [-0.15, -0.1) is 0 Å². The lowest BCUT2D eigenvalue weighted by atomic mass is 10.2. The van der Waals surface area contributed by atoms with Crippen molar-refractivity contribution in [1.82, 2.24) is 19.6 Å². The summed E-state index contributed by atoms with van der Waals surface area (Å²) in [5.41, 5.74) is 0. The fourth-order valence-corrected chi connectivity index (χ4v) is 4.19. The summed E-state index contributed by atoms with van der Waals surface area (Å²) in [6.07, 6.45) is 5.12. The molecule has 2 aliphatic rings. The SMILES string of the molecule is CCC1CN(C)C(C)N1CC.CCC1CN(C)C(CC)N1C. The second kappa shape index (κ2) is 9.21. The standard InChI is InChI=1S/2C9H20N2/c1-5-8-7-10(3)9(6-2)11(8)4;1-5-9-7-10(4)8(3)11(9)6-2/h2*8-9H,5-7H2,1-4H3. The molecule has 2 aliphatic heterocycles. The zero-order valence-corrected chi connectivity index (χ0v) is 16.3. The fraction of sp³-hybridized carbons (Fsp3) is 1.00. The molecule has 0 aromatic carbocycles. The molecule has 2 rings (SSSR count). The van der Waals surface area contributed by atoms with E-state index in [0.717, 1.165) is 12.1 Å². The summed E-state index contributed by atoms with van der Waals surface area (Å²) in [5, 5.41) is 0. The fourth-order valence-electron chi connectivity index (χ4n) is 4.19. The van der Waals surface area contributed by atoms with Crippen LogP contribution < -0.4 is 0 Å². The van der Waals surface area contributed by atoms with Crippen LogP contribution >= 0.6 is 0 Å². The first-order valence-corrected chi connectivity index (χ1v) is 9.29. The first-order chi connectivity index (χ1) is 10.4. The van der Waals surface area contributed by atoms with Crippen molar-refractivity contribution in [3.05, 3.63) is 0 Å². The Kier molecular flexibility index (Phi) is 8.33. The van der Waals surface area contributed by atoms with Gasteiger partial charge < -0.3 is 0 Å². The Morgan fingerprint density at radius 3 is 1.64 bits per heavy atom. The van der Waals surface area contributed by atoms with Gasteiger partial charge in [0.15, 0.2) is 0 Å². The van der Waals surface area contributed by atoms with E-state index in [2.05, 4.69) is 75.4 Å². The molecular weight excluding hydrogens is 272 g/mol. The minimum Gasteiger partial charge on any atom is -0.290 e. The molecule has 2 fully saturated rings. The van der Waals surface area contributed by atoms with E-state index in [9.17, 15) is 0 Å². The molecule has 0 saturated carbocycles. The van der Waals surface area contributed by atoms with Gasteiger partial charge in [0, 0.05) is 25.2 Å². The van der Waals surface area contributed by atoms with E-state index < -0.39 is 0 Å². The van der Waals surface area contributed by atoms with E-state index >= 15 is 0 Å². The molecule has 2 heterocycles. The highest BCUT2D eigenvalue weighted by atomic mass is 15.4. The summed E-state index contributed by atoms with van der Waals surface area (Å²) in [6.45, 7) is 15.0. The van der Waals surface area contributed by atoms with Crippen LogP contribution in [0.1, 0.15) is 53.9 Å². The highest BCUT2D eigenvalue weighted by Gasteiger charge is 2.32. The summed E-state index contributed by atoms with van der Waals surface area (Å²) in [4.78, 5) is 9.95. The van der Waals surface area contributed by atoms with E-state index in [1.807, 2.05) is 0 Å². The van der Waals surface area contributed by atoms with Gasteiger partial charge in [-0.3, -0.25) is 19.6 Å². The van der Waals surface area contributed by atoms with Crippen molar-refractivity contribution in [1.29, 1.82) is 0 Å². The lowest BCUT2D eigenvalue weighted by Crippen LogP contribution is -2.36. The third-order valence-corrected chi connectivity index (χ3v) is 5.81. The molecule has 2 saturated heterocycles. The molecule has 4 heteroatoms. The molecule has 4 atom stereocenters. The highest BCUT2D eigenvalue weighted by Crippen LogP contribution is 2.21. The number of likely N-dealkylation sites (N-methyl/N-ethyl adjacent to an activating group) is 4. The molecule has 0 N–H and O–H groups in total. The topological polar surface area (TPSA) is 13.0 Å². The van der Waals surface area contributed by atoms with Crippen LogP contribution in [-0.4, -0.2) is 84.8 Å². The van der Waals surface area contributed by atoms with Gasteiger partial charge in [0.2, 0.25) is 0 Å². The van der Waals surface area contributed by atoms with Gasteiger partial charge in [-0.05, 0) is 53.9 Å². The summed E-state index contributed by atoms with van der Waals surface area (Å²) in [6, 6.07) is 1.57. The van der Waals surface area contributed by atoms with E-state index in [1.165, 1.54) is 38.9 Å². The van der Waals surface area contributed by atoms with Gasteiger partial charge in [-0.2, -0.15) is 0 Å². The lowest BCUT2D eigenvalue weighted by molar-refractivity contribution is 0.159. The van der Waals surface area contributed by atoms with Crippen molar-refractivity contribution in [2.75, 3.05) is 40.8 Å². The second-order valence-electron chi connectivity index (χ2n) is 7.02. The molecule has 22 heavy (non-hydrogen) atoms. The minimum atomic E-state index is 0.643. The molecule has 0 amide bonds. The van der Waals surface area contributed by atoms with E-state index in [-0.39, 0.29) is 0 Å². The zero-order chi connectivity index (χ0) is 16.9. The third kappa shape index (κ3) is 4.44. The average molecular weight is 313 g/mol. The van der Waals surface area contributed by atoms with Crippen LogP contribution in [0.4, 0.5) is 0 Å². The van der Waals surface area contributed by atoms with Crippen molar-refractivity contribution in [3.63, 3.8) is 0 Å². The largest absolute Gasteiger partial charge is 0.290 e. The maximum atomic E-state index is 2.57. The smallest absolute Gasteiger partial charge is 0.0618 e. The summed E-state index contributed by atoms with van der Waals surface area (Å²) < 4.78 is 0. The zero-order valence-electron chi connectivity index (χ0n) is 16.3. The number of hydrogen-bond donors (Lipinski definition) is 0. The quantitative estimate of drug-likeness (QED) is 0.791. The Morgan fingerprint density at radius 1 is 0.773 bits per heavy atom. The van der Waals surface area contributed by atoms with E-state index in [4.69, 9.17) is 0 Å². The molecule has 0 bridgehead atoms. The van der Waals surface area contributed by atoms with Crippen LogP contribution in [0, 0.1) is 0 Å². The Balaban J connectivity index is 0.000000220. The number of rotatable bonds is 4. The van der Waals surface area contributed by atoms with Crippen molar-refractivity contribution in [3.8, 4) is 0 Å². The van der Waals surface area contributed by atoms with Gasteiger partial charge >= 0.3 is 0 Å². The maximum absolute atomic E-state index is 2.57. The monoisotopic (exact) mass is 312 g/mol. The van der Waals surface area contributed by atoms with Crippen LogP contribution in [-0.2, 0) is 0 Å². The van der Waals surface area contributed by atoms with Crippen molar-refractivity contribution >= 4 is 0 Å². The van der Waals surface area contributed by atoms with Crippen LogP contribution in [0.5, 0.6) is 0 Å². The van der Waals surface area contributed by atoms with E-state index in [1.54, 1.807) is 0 Å². The first kappa shape index (κ1) is 19.9. The van der Waals surface area contributed by atoms with Crippen LogP contribution in [0.25, 0.3) is 0 Å². The van der Waals surface area contributed by atoms with Crippen LogP contribution in [0.3, 0.4) is 0 Å². The summed E-state index contributed by atoms with van der Waals surface area (Å²) in [5.74, 6) is 0. The third-order valence-electron chi connectivity index (χ3n) is 5.81. The van der Waals surface area contributed by atoms with Gasteiger partial charge in [-0.1, -0.05) is 27.7 Å². The molecule has 132 valence electrons. The average Bonchev–Trinajstić information content (AvgIpc) is 2.95. The van der Waals surface area contributed by atoms with Crippen LogP contribution in [0.2, 0.25) is 0 Å². The Morgan fingerprint density at radius 2 is 1.32 bits per heavy atom. The van der Waals surface area contributed by atoms with Gasteiger partial charge in [0.25, 0.3) is 0 Å². The molecule has 0 spiro atoms. The van der Waals surface area contributed by atoms with Crippen molar-refractivity contribution in [2.45, 2.75) is 78.3 Å². The number of hydrogen-bond acceptors (Lipinski definition) is 4. The molecule has 4 nitrogen and oxygen atoms in total. The van der Waals surface area contributed by atoms with Gasteiger partial charge in [-0.25, -0.2) is 0 Å². The molecule has 0 aliphatic carbocycles. The molecular formula is C18H40N4. The first-order valence-electron chi connectivity index (χ1n) is 9.29. The molecule has 0 aromatic rings. The van der Waals surface area contributed by atoms with Crippen LogP contribution in [0.15, 0.2) is 0 Å². The lowest BCUT2D eigenvalue weighted by Gasteiger charge is -2.25. The summed E-state index contributed by atoms with van der Waals surface area (Å²) in [7, 11) is 6.68. The van der Waals surface area contributed by atoms with E-state index in [0.29, 0.717) is 12.3 Å². The number of nitrogens with zero attached hydrogens (tertiary/aromatic N) is 4. The highest BCUT2D eigenvalue weighted by molar-refractivity contribution is 4.85. The predicted octanol–water partition coefficient (Wildman–Crippen LogP) is 2.76. The van der Waals surface area contributed by atoms with Crippen molar-refractivity contribution < 1.29 is 0 Å².